The number of hydrogen-bond acceptors (Lipinski definition) is 6. The average molecular weight is 477 g/mol. The molecule has 1 saturated heterocycles. The van der Waals surface area contributed by atoms with E-state index in [0.29, 0.717) is 37.5 Å². The fourth-order valence-corrected chi connectivity index (χ4v) is 6.44. The number of rotatable bonds is 6. The minimum atomic E-state index is -3.57. The molecule has 2 aliphatic rings. The number of benzene rings is 2. The van der Waals surface area contributed by atoms with E-state index < -0.39 is 20.0 Å². The van der Waals surface area contributed by atoms with Gasteiger partial charge >= 0.3 is 0 Å². The van der Waals surface area contributed by atoms with Crippen LogP contribution in [-0.2, 0) is 24.8 Å². The molecule has 11 heteroatoms. The predicted octanol–water partition coefficient (Wildman–Crippen LogP) is 1.04. The number of amides is 1. The highest BCUT2D eigenvalue weighted by Crippen LogP contribution is 2.22. The predicted molar refractivity (Wildman–Crippen MR) is 119 cm³/mol. The molecule has 0 atom stereocenters. The normalized spacial score (nSPS) is 19.5. The number of amidine groups is 1. The molecule has 170 valence electrons. The Balaban J connectivity index is 1.27. The number of hydrogen-bond donors (Lipinski definition) is 1. The summed E-state index contributed by atoms with van der Waals surface area (Å²) in [5, 5.41) is 0. The molecule has 1 fully saturated rings. The van der Waals surface area contributed by atoms with E-state index in [2.05, 4.69) is 9.71 Å². The Morgan fingerprint density at radius 1 is 0.969 bits per heavy atom. The second-order valence-corrected chi connectivity index (χ2v) is 11.1. The standard InChI is InChI=1S/C21H24N4O5S2/c26-20(11-6-12-22-21-18-9-4-5-10-19(18)31(27,28)23-21)24-13-15-25(16-14-24)32(29,30)17-7-2-1-3-8-17/h1-5,7-10H,6,11-16H2,(H,22,23). The van der Waals surface area contributed by atoms with Crippen LogP contribution in [0.25, 0.3) is 0 Å². The van der Waals surface area contributed by atoms with Gasteiger partial charge in [-0.1, -0.05) is 30.3 Å². The van der Waals surface area contributed by atoms with Gasteiger partial charge in [0, 0.05) is 44.7 Å². The summed E-state index contributed by atoms with van der Waals surface area (Å²) < 4.78 is 53.4. The van der Waals surface area contributed by atoms with Crippen molar-refractivity contribution in [2.45, 2.75) is 22.6 Å². The lowest BCUT2D eigenvalue weighted by Crippen LogP contribution is -2.50. The molecule has 2 aromatic carbocycles. The van der Waals surface area contributed by atoms with Gasteiger partial charge in [-0.25, -0.2) is 16.8 Å². The lowest BCUT2D eigenvalue weighted by molar-refractivity contribution is -0.132. The minimum absolute atomic E-state index is 0.0608. The molecule has 9 nitrogen and oxygen atoms in total. The molecule has 1 amide bonds. The van der Waals surface area contributed by atoms with Gasteiger partial charge in [-0.15, -0.1) is 0 Å². The largest absolute Gasteiger partial charge is 0.340 e. The lowest BCUT2D eigenvalue weighted by Gasteiger charge is -2.34. The topological polar surface area (TPSA) is 116 Å². The third-order valence-electron chi connectivity index (χ3n) is 5.45. The molecule has 32 heavy (non-hydrogen) atoms. The number of aliphatic imine (C=N–C) groups is 1. The van der Waals surface area contributed by atoms with Crippen molar-refractivity contribution in [3.63, 3.8) is 0 Å². The zero-order valence-electron chi connectivity index (χ0n) is 17.3. The Bertz CT molecular complexity index is 1240. The summed E-state index contributed by atoms with van der Waals surface area (Å²) in [6.45, 7) is 1.49. The van der Waals surface area contributed by atoms with E-state index in [-0.39, 0.29) is 35.2 Å². The molecule has 1 N–H and O–H groups in total. The van der Waals surface area contributed by atoms with Gasteiger partial charge in [0.05, 0.1) is 9.79 Å². The Labute approximate surface area is 187 Å². The highest BCUT2D eigenvalue weighted by Gasteiger charge is 2.31. The second-order valence-electron chi connectivity index (χ2n) is 7.53. The van der Waals surface area contributed by atoms with Crippen molar-refractivity contribution in [3.8, 4) is 0 Å². The Morgan fingerprint density at radius 2 is 1.62 bits per heavy atom. The summed E-state index contributed by atoms with van der Waals surface area (Å²) in [4.78, 5) is 19.0. The fourth-order valence-electron chi connectivity index (χ4n) is 3.75. The molecule has 2 aliphatic heterocycles. The third-order valence-corrected chi connectivity index (χ3v) is 8.76. The quantitative estimate of drug-likeness (QED) is 0.626. The number of sulfonamides is 2. The van der Waals surface area contributed by atoms with E-state index in [1.54, 1.807) is 53.4 Å². The van der Waals surface area contributed by atoms with Crippen LogP contribution in [0.4, 0.5) is 0 Å². The van der Waals surface area contributed by atoms with Gasteiger partial charge in [-0.3, -0.25) is 14.5 Å². The first kappa shape index (κ1) is 22.4. The Morgan fingerprint density at radius 3 is 2.34 bits per heavy atom. The molecule has 0 bridgehead atoms. The van der Waals surface area contributed by atoms with Crippen molar-refractivity contribution in [2.24, 2.45) is 4.99 Å². The molecule has 2 heterocycles. The first-order valence-electron chi connectivity index (χ1n) is 10.3. The van der Waals surface area contributed by atoms with Crippen molar-refractivity contribution >= 4 is 31.8 Å². The van der Waals surface area contributed by atoms with Crippen molar-refractivity contribution in [3.05, 3.63) is 60.2 Å². The van der Waals surface area contributed by atoms with Crippen LogP contribution in [-0.4, -0.2) is 70.5 Å². The number of piperazine rings is 1. The van der Waals surface area contributed by atoms with E-state index in [4.69, 9.17) is 0 Å². The second kappa shape index (κ2) is 9.00. The van der Waals surface area contributed by atoms with E-state index in [1.165, 1.54) is 10.4 Å². The summed E-state index contributed by atoms with van der Waals surface area (Å²) >= 11 is 0. The van der Waals surface area contributed by atoms with Crippen LogP contribution in [0, 0.1) is 0 Å². The molecular weight excluding hydrogens is 452 g/mol. The lowest BCUT2D eigenvalue weighted by atomic mass is 10.2. The maximum Gasteiger partial charge on any atom is 0.263 e. The number of carbonyl (C=O) groups excluding carboxylic acids is 1. The van der Waals surface area contributed by atoms with Gasteiger partial charge < -0.3 is 4.90 Å². The molecule has 0 spiro atoms. The summed E-state index contributed by atoms with van der Waals surface area (Å²) in [6.07, 6.45) is 0.728. The fraction of sp³-hybridized carbons (Fsp3) is 0.333. The van der Waals surface area contributed by atoms with Crippen molar-refractivity contribution in [2.75, 3.05) is 32.7 Å². The van der Waals surface area contributed by atoms with Crippen molar-refractivity contribution in [1.29, 1.82) is 0 Å². The molecule has 4 rings (SSSR count). The zero-order valence-corrected chi connectivity index (χ0v) is 19.0. The third kappa shape index (κ3) is 4.54. The SMILES string of the molecule is O=C(CCCN=C1NS(=O)(=O)c2ccccc21)N1CCN(S(=O)(=O)c2ccccc2)CC1. The maximum atomic E-state index is 12.7. The van der Waals surface area contributed by atoms with Crippen LogP contribution in [0.15, 0.2) is 69.4 Å². The van der Waals surface area contributed by atoms with E-state index >= 15 is 0 Å². The Hall–Kier alpha value is -2.76. The molecule has 0 unspecified atom stereocenters. The highest BCUT2D eigenvalue weighted by molar-refractivity contribution is 7.90. The van der Waals surface area contributed by atoms with E-state index in [0.717, 1.165) is 0 Å². The molecule has 0 aromatic heterocycles. The number of nitrogens with one attached hydrogen (secondary N) is 1. The van der Waals surface area contributed by atoms with Crippen LogP contribution >= 0.6 is 0 Å². The first-order valence-corrected chi connectivity index (χ1v) is 13.2. The van der Waals surface area contributed by atoms with E-state index in [1.807, 2.05) is 0 Å². The summed E-state index contributed by atoms with van der Waals surface area (Å²) in [5.74, 6) is 0.238. The Kier molecular flexibility index (Phi) is 6.31. The van der Waals surface area contributed by atoms with Crippen molar-refractivity contribution in [1.82, 2.24) is 13.9 Å². The smallest absolute Gasteiger partial charge is 0.263 e. The monoisotopic (exact) mass is 476 g/mol. The van der Waals surface area contributed by atoms with Crippen LogP contribution in [0.1, 0.15) is 18.4 Å². The van der Waals surface area contributed by atoms with Crippen LogP contribution in [0.3, 0.4) is 0 Å². The molecule has 0 aliphatic carbocycles. The molecule has 2 aromatic rings. The van der Waals surface area contributed by atoms with Gasteiger partial charge in [0.15, 0.2) is 0 Å². The molecular formula is C21H24N4O5S2. The number of carbonyl (C=O) groups is 1. The zero-order chi connectivity index (χ0) is 22.8. The van der Waals surface area contributed by atoms with Gasteiger partial charge in [-0.05, 0) is 30.7 Å². The van der Waals surface area contributed by atoms with Gasteiger partial charge in [0.1, 0.15) is 5.84 Å². The first-order chi connectivity index (χ1) is 15.3. The van der Waals surface area contributed by atoms with Gasteiger partial charge in [-0.2, -0.15) is 4.31 Å². The molecule has 0 saturated carbocycles. The van der Waals surface area contributed by atoms with Gasteiger partial charge in [0.2, 0.25) is 15.9 Å². The summed E-state index contributed by atoms with van der Waals surface area (Å²) in [5.41, 5.74) is 0.537. The van der Waals surface area contributed by atoms with Gasteiger partial charge in [0.25, 0.3) is 10.0 Å². The van der Waals surface area contributed by atoms with Crippen molar-refractivity contribution < 1.29 is 21.6 Å². The van der Waals surface area contributed by atoms with Crippen LogP contribution < -0.4 is 4.72 Å². The summed E-state index contributed by atoms with van der Waals surface area (Å²) in [6, 6.07) is 14.9. The van der Waals surface area contributed by atoms with Crippen LogP contribution in [0.2, 0.25) is 0 Å². The van der Waals surface area contributed by atoms with Crippen LogP contribution in [0.5, 0.6) is 0 Å². The molecule has 0 radical (unpaired) electrons. The number of fused-ring (bicyclic) bond motifs is 1. The highest BCUT2D eigenvalue weighted by atomic mass is 32.2. The minimum Gasteiger partial charge on any atom is -0.340 e. The van der Waals surface area contributed by atoms with E-state index in [9.17, 15) is 21.6 Å². The average Bonchev–Trinajstić information content (AvgIpc) is 3.07. The number of nitrogens with zero attached hydrogens (tertiary/aromatic N) is 3. The summed E-state index contributed by atoms with van der Waals surface area (Å²) in [7, 11) is -7.13. The maximum absolute atomic E-state index is 12.7.